The van der Waals surface area contributed by atoms with E-state index in [0.717, 1.165) is 11.1 Å². The van der Waals surface area contributed by atoms with Crippen LogP contribution in [0.1, 0.15) is 17.5 Å². The van der Waals surface area contributed by atoms with Crippen molar-refractivity contribution in [1.29, 1.82) is 0 Å². The number of halogens is 1. The Hall–Kier alpha value is -3.22. The highest BCUT2D eigenvalue weighted by Crippen LogP contribution is 2.30. The van der Waals surface area contributed by atoms with Gasteiger partial charge in [0.1, 0.15) is 6.04 Å². The summed E-state index contributed by atoms with van der Waals surface area (Å²) < 4.78 is 0. The zero-order valence-electron chi connectivity index (χ0n) is 17.5. The standard InChI is InChI=1S/C25H22ClN3O2S/c1-17-8-7-10-19(14-17)27-23(30)15-22-24(31)29(20-11-3-2-4-12-20)25(32)28(22)16-18-9-5-6-13-21(18)26/h2-14,22H,15-16H2,1H3,(H,27,30)/t22-/m0/s1. The van der Waals surface area contributed by atoms with Gasteiger partial charge in [-0.3, -0.25) is 14.5 Å². The van der Waals surface area contributed by atoms with Crippen LogP contribution in [0.5, 0.6) is 0 Å². The largest absolute Gasteiger partial charge is 0.332 e. The smallest absolute Gasteiger partial charge is 0.256 e. The van der Waals surface area contributed by atoms with Crippen LogP contribution in [0.15, 0.2) is 78.9 Å². The van der Waals surface area contributed by atoms with E-state index in [2.05, 4.69) is 5.32 Å². The summed E-state index contributed by atoms with van der Waals surface area (Å²) >= 11 is 12.1. The Labute approximate surface area is 197 Å². The van der Waals surface area contributed by atoms with Crippen LogP contribution in [-0.4, -0.2) is 27.9 Å². The summed E-state index contributed by atoms with van der Waals surface area (Å²) in [4.78, 5) is 29.6. The molecule has 4 rings (SSSR count). The molecule has 1 N–H and O–H groups in total. The van der Waals surface area contributed by atoms with Gasteiger partial charge in [-0.15, -0.1) is 0 Å². The predicted molar refractivity (Wildman–Crippen MR) is 132 cm³/mol. The number of hydrogen-bond acceptors (Lipinski definition) is 3. The molecule has 0 radical (unpaired) electrons. The monoisotopic (exact) mass is 463 g/mol. The summed E-state index contributed by atoms with van der Waals surface area (Å²) in [5.74, 6) is -0.483. The fraction of sp³-hybridized carbons (Fsp3) is 0.160. The SMILES string of the molecule is Cc1cccc(NC(=O)C[C@H]2C(=O)N(c3ccccc3)C(=S)N2Cc2ccccc2Cl)c1. The summed E-state index contributed by atoms with van der Waals surface area (Å²) in [7, 11) is 0. The first-order valence-electron chi connectivity index (χ1n) is 10.2. The molecule has 3 aromatic rings. The molecule has 162 valence electrons. The lowest BCUT2D eigenvalue weighted by Crippen LogP contribution is -2.37. The maximum absolute atomic E-state index is 13.4. The lowest BCUT2D eigenvalue weighted by Gasteiger charge is -2.24. The average molecular weight is 464 g/mol. The summed E-state index contributed by atoms with van der Waals surface area (Å²) in [6.07, 6.45) is -0.0271. The minimum atomic E-state index is -0.733. The number of nitrogens with zero attached hydrogens (tertiary/aromatic N) is 2. The van der Waals surface area contributed by atoms with Gasteiger partial charge in [-0.2, -0.15) is 0 Å². The molecule has 2 amide bonds. The number of hydrogen-bond donors (Lipinski definition) is 1. The van der Waals surface area contributed by atoms with Crippen molar-refractivity contribution in [2.24, 2.45) is 0 Å². The van der Waals surface area contributed by atoms with Gasteiger partial charge < -0.3 is 10.2 Å². The Morgan fingerprint density at radius 3 is 2.47 bits per heavy atom. The van der Waals surface area contributed by atoms with E-state index in [4.69, 9.17) is 23.8 Å². The molecule has 32 heavy (non-hydrogen) atoms. The minimum absolute atomic E-state index is 0.0271. The molecule has 0 spiro atoms. The van der Waals surface area contributed by atoms with Gasteiger partial charge in [0.05, 0.1) is 12.1 Å². The number of benzene rings is 3. The van der Waals surface area contributed by atoms with E-state index in [1.54, 1.807) is 11.0 Å². The van der Waals surface area contributed by atoms with Crippen LogP contribution in [0, 0.1) is 6.92 Å². The Bertz CT molecular complexity index is 1170. The molecule has 7 heteroatoms. The van der Waals surface area contributed by atoms with Gasteiger partial charge in [0, 0.05) is 17.3 Å². The maximum Gasteiger partial charge on any atom is 0.256 e. The van der Waals surface area contributed by atoms with Gasteiger partial charge in [0.25, 0.3) is 5.91 Å². The van der Waals surface area contributed by atoms with Crippen LogP contribution in [0.25, 0.3) is 0 Å². The summed E-state index contributed by atoms with van der Waals surface area (Å²) in [6, 6.07) is 23.5. The third-order valence-corrected chi connectivity index (χ3v) is 6.10. The van der Waals surface area contributed by atoms with Crippen LogP contribution in [0.2, 0.25) is 5.02 Å². The molecule has 0 aliphatic carbocycles. The van der Waals surface area contributed by atoms with Gasteiger partial charge >= 0.3 is 0 Å². The van der Waals surface area contributed by atoms with Crippen LogP contribution in [0.3, 0.4) is 0 Å². The summed E-state index contributed by atoms with van der Waals surface area (Å²) in [6.45, 7) is 2.29. The Morgan fingerprint density at radius 2 is 1.75 bits per heavy atom. The van der Waals surface area contributed by atoms with Crippen molar-refractivity contribution in [2.45, 2.75) is 25.9 Å². The van der Waals surface area contributed by atoms with E-state index in [-0.39, 0.29) is 18.2 Å². The summed E-state index contributed by atoms with van der Waals surface area (Å²) in [5.41, 5.74) is 3.24. The number of anilines is 2. The van der Waals surface area contributed by atoms with Crippen molar-refractivity contribution < 1.29 is 9.59 Å². The van der Waals surface area contributed by atoms with Gasteiger partial charge in [-0.25, -0.2) is 0 Å². The normalized spacial score (nSPS) is 15.9. The molecule has 1 aliphatic rings. The van der Waals surface area contributed by atoms with E-state index in [9.17, 15) is 9.59 Å². The molecule has 0 bridgehead atoms. The van der Waals surface area contributed by atoms with E-state index in [0.29, 0.717) is 28.1 Å². The van der Waals surface area contributed by atoms with Gasteiger partial charge in [0.2, 0.25) is 5.91 Å². The minimum Gasteiger partial charge on any atom is -0.332 e. The number of thiocarbonyl (C=S) groups is 1. The van der Waals surface area contributed by atoms with Crippen LogP contribution in [0.4, 0.5) is 11.4 Å². The Balaban J connectivity index is 1.61. The lowest BCUT2D eigenvalue weighted by molar-refractivity contribution is -0.124. The summed E-state index contributed by atoms with van der Waals surface area (Å²) in [5, 5.41) is 3.83. The molecule has 1 saturated heterocycles. The highest BCUT2D eigenvalue weighted by molar-refractivity contribution is 7.80. The zero-order valence-corrected chi connectivity index (χ0v) is 19.1. The average Bonchev–Trinajstić information content (AvgIpc) is 2.99. The number of carbonyl (C=O) groups excluding carboxylic acids is 2. The molecule has 1 fully saturated rings. The highest BCUT2D eigenvalue weighted by Gasteiger charge is 2.44. The Kier molecular flexibility index (Phi) is 6.53. The molecule has 1 atom stereocenters. The van der Waals surface area contributed by atoms with Crippen molar-refractivity contribution in [3.8, 4) is 0 Å². The first kappa shape index (κ1) is 22.0. The highest BCUT2D eigenvalue weighted by atomic mass is 35.5. The first-order valence-corrected chi connectivity index (χ1v) is 11.0. The number of aryl methyl sites for hydroxylation is 1. The second kappa shape index (κ2) is 9.51. The second-order valence-electron chi connectivity index (χ2n) is 7.65. The van der Waals surface area contributed by atoms with Gasteiger partial charge in [0.15, 0.2) is 5.11 Å². The molecule has 1 heterocycles. The molecule has 1 aliphatic heterocycles. The quantitative estimate of drug-likeness (QED) is 0.512. The van der Waals surface area contributed by atoms with Crippen LogP contribution in [-0.2, 0) is 16.1 Å². The van der Waals surface area contributed by atoms with Crippen molar-refractivity contribution in [1.82, 2.24) is 4.90 Å². The fourth-order valence-electron chi connectivity index (χ4n) is 3.75. The van der Waals surface area contributed by atoms with Crippen molar-refractivity contribution in [3.63, 3.8) is 0 Å². The molecular weight excluding hydrogens is 442 g/mol. The third kappa shape index (κ3) is 4.66. The second-order valence-corrected chi connectivity index (χ2v) is 8.42. The van der Waals surface area contributed by atoms with Gasteiger partial charge in [-0.05, 0) is 60.6 Å². The van der Waals surface area contributed by atoms with Crippen molar-refractivity contribution in [2.75, 3.05) is 10.2 Å². The maximum atomic E-state index is 13.4. The topological polar surface area (TPSA) is 52.7 Å². The molecular formula is C25H22ClN3O2S. The zero-order chi connectivity index (χ0) is 22.7. The lowest BCUT2D eigenvalue weighted by atomic mass is 10.1. The van der Waals surface area contributed by atoms with E-state index >= 15 is 0 Å². The molecule has 0 aromatic heterocycles. The molecule has 0 saturated carbocycles. The van der Waals surface area contributed by atoms with Crippen LogP contribution < -0.4 is 10.2 Å². The number of carbonyl (C=O) groups is 2. The molecule has 3 aromatic carbocycles. The van der Waals surface area contributed by atoms with Gasteiger partial charge in [-0.1, -0.05) is 60.1 Å². The number of amides is 2. The van der Waals surface area contributed by atoms with E-state index in [1.165, 1.54) is 4.90 Å². The third-order valence-electron chi connectivity index (χ3n) is 5.31. The first-order chi connectivity index (χ1) is 15.4. The fourth-order valence-corrected chi connectivity index (χ4v) is 4.33. The number of para-hydroxylation sites is 1. The molecule has 0 unspecified atom stereocenters. The molecule has 5 nitrogen and oxygen atoms in total. The van der Waals surface area contributed by atoms with Crippen molar-refractivity contribution >= 4 is 52.1 Å². The Morgan fingerprint density at radius 1 is 1.03 bits per heavy atom. The number of rotatable bonds is 6. The predicted octanol–water partition coefficient (Wildman–Crippen LogP) is 5.18. The van der Waals surface area contributed by atoms with Crippen molar-refractivity contribution in [3.05, 3.63) is 95.0 Å². The van der Waals surface area contributed by atoms with E-state index in [1.807, 2.05) is 79.7 Å². The van der Waals surface area contributed by atoms with E-state index < -0.39 is 6.04 Å². The number of nitrogens with one attached hydrogen (secondary N) is 1. The van der Waals surface area contributed by atoms with Crippen LogP contribution >= 0.6 is 23.8 Å².